The number of carbonyl (C=O) groups excluding carboxylic acids is 1. The molecule has 1 aliphatic carbocycles. The SMILES string of the molecule is O=C(NC1C[C@H]2CC[C@@H](C1)N2S(=O)(=O)NC1CCN[C@@H](Cc2ccccc2)C1)c1cc(C2CC2)on1. The molecule has 0 spiro atoms. The quantitative estimate of drug-likeness (QED) is 0.499. The summed E-state index contributed by atoms with van der Waals surface area (Å²) in [6.45, 7) is 0.802. The van der Waals surface area contributed by atoms with Crippen molar-refractivity contribution in [2.24, 2.45) is 0 Å². The van der Waals surface area contributed by atoms with Crippen molar-refractivity contribution in [3.05, 3.63) is 53.4 Å². The summed E-state index contributed by atoms with van der Waals surface area (Å²) < 4.78 is 37.0. The van der Waals surface area contributed by atoms with E-state index in [-0.39, 0.29) is 36.1 Å². The fourth-order valence-electron chi connectivity index (χ4n) is 6.30. The minimum absolute atomic E-state index is 0.0586. The van der Waals surface area contributed by atoms with Gasteiger partial charge in [0.05, 0.1) is 0 Å². The molecule has 4 aliphatic rings. The van der Waals surface area contributed by atoms with Crippen molar-refractivity contribution in [1.82, 2.24) is 24.8 Å². The zero-order valence-corrected chi connectivity index (χ0v) is 21.3. The van der Waals surface area contributed by atoms with Gasteiger partial charge in [-0.3, -0.25) is 4.79 Å². The maximum atomic E-state index is 13.5. The summed E-state index contributed by atoms with van der Waals surface area (Å²) in [5, 5.41) is 10.6. The maximum absolute atomic E-state index is 13.5. The van der Waals surface area contributed by atoms with Gasteiger partial charge in [0.1, 0.15) is 5.76 Å². The van der Waals surface area contributed by atoms with E-state index in [1.165, 1.54) is 5.56 Å². The van der Waals surface area contributed by atoms with Crippen LogP contribution >= 0.6 is 0 Å². The van der Waals surface area contributed by atoms with Gasteiger partial charge < -0.3 is 15.2 Å². The molecule has 1 amide bonds. The van der Waals surface area contributed by atoms with Crippen LogP contribution in [0.3, 0.4) is 0 Å². The third kappa shape index (κ3) is 5.22. The van der Waals surface area contributed by atoms with Crippen LogP contribution in [0.1, 0.15) is 79.1 Å². The second-order valence-corrected chi connectivity index (χ2v) is 12.5. The van der Waals surface area contributed by atoms with Crippen molar-refractivity contribution in [2.45, 2.75) is 93.9 Å². The predicted molar refractivity (Wildman–Crippen MR) is 135 cm³/mol. The fourth-order valence-corrected chi connectivity index (χ4v) is 8.22. The maximum Gasteiger partial charge on any atom is 0.280 e. The lowest BCUT2D eigenvalue weighted by Crippen LogP contribution is -2.58. The van der Waals surface area contributed by atoms with Crippen LogP contribution in [0.2, 0.25) is 0 Å². The molecule has 194 valence electrons. The van der Waals surface area contributed by atoms with Gasteiger partial charge in [0.25, 0.3) is 16.1 Å². The summed E-state index contributed by atoms with van der Waals surface area (Å²) >= 11 is 0. The highest BCUT2D eigenvalue weighted by atomic mass is 32.2. The third-order valence-electron chi connectivity index (χ3n) is 8.15. The van der Waals surface area contributed by atoms with E-state index in [4.69, 9.17) is 4.52 Å². The van der Waals surface area contributed by atoms with Crippen molar-refractivity contribution >= 4 is 16.1 Å². The molecule has 6 rings (SSSR count). The molecule has 0 radical (unpaired) electrons. The van der Waals surface area contributed by atoms with Gasteiger partial charge in [-0.25, -0.2) is 0 Å². The van der Waals surface area contributed by atoms with Crippen molar-refractivity contribution in [3.8, 4) is 0 Å². The molecule has 10 heteroatoms. The molecule has 3 aliphatic heterocycles. The van der Waals surface area contributed by atoms with Crippen molar-refractivity contribution in [1.29, 1.82) is 0 Å². The van der Waals surface area contributed by atoms with Gasteiger partial charge >= 0.3 is 0 Å². The molecule has 1 saturated carbocycles. The van der Waals surface area contributed by atoms with Crippen molar-refractivity contribution in [3.63, 3.8) is 0 Å². The summed E-state index contributed by atoms with van der Waals surface area (Å²) in [7, 11) is -3.60. The molecule has 1 aromatic carbocycles. The van der Waals surface area contributed by atoms with Gasteiger partial charge in [-0.15, -0.1) is 0 Å². The molecule has 1 aromatic heterocycles. The molecular formula is C26H35N5O4S. The van der Waals surface area contributed by atoms with E-state index in [2.05, 4.69) is 32.6 Å². The molecular weight excluding hydrogens is 478 g/mol. The summed E-state index contributed by atoms with van der Waals surface area (Å²) in [6.07, 6.45) is 7.54. The van der Waals surface area contributed by atoms with E-state index in [0.717, 1.165) is 57.3 Å². The Morgan fingerprint density at radius 2 is 1.78 bits per heavy atom. The van der Waals surface area contributed by atoms with E-state index >= 15 is 0 Å². The Balaban J connectivity index is 1.05. The van der Waals surface area contributed by atoms with Crippen molar-refractivity contribution < 1.29 is 17.7 Å². The smallest absolute Gasteiger partial charge is 0.280 e. The largest absolute Gasteiger partial charge is 0.360 e. The first-order chi connectivity index (χ1) is 17.4. The first kappa shape index (κ1) is 24.1. The van der Waals surface area contributed by atoms with Gasteiger partial charge in [0, 0.05) is 42.2 Å². The second kappa shape index (κ2) is 9.89. The zero-order chi connectivity index (χ0) is 24.7. The van der Waals surface area contributed by atoms with Crippen LogP contribution in [-0.2, 0) is 16.6 Å². The number of amides is 1. The molecule has 3 N–H and O–H groups in total. The molecule has 9 nitrogen and oxygen atoms in total. The Kier molecular flexibility index (Phi) is 6.62. The summed E-state index contributed by atoms with van der Waals surface area (Å²) in [4.78, 5) is 12.7. The molecule has 2 bridgehead atoms. The van der Waals surface area contributed by atoms with Crippen LogP contribution in [0.15, 0.2) is 40.9 Å². The fraction of sp³-hybridized carbons (Fsp3) is 0.615. The van der Waals surface area contributed by atoms with E-state index in [1.54, 1.807) is 10.4 Å². The average Bonchev–Trinajstić information content (AvgIpc) is 3.50. The lowest BCUT2D eigenvalue weighted by molar-refractivity contribution is 0.0899. The van der Waals surface area contributed by atoms with Gasteiger partial charge in [-0.1, -0.05) is 35.5 Å². The van der Waals surface area contributed by atoms with Gasteiger partial charge in [0.15, 0.2) is 5.69 Å². The summed E-state index contributed by atoms with van der Waals surface area (Å²) in [5.74, 6) is 0.962. The highest BCUT2D eigenvalue weighted by Gasteiger charge is 2.47. The van der Waals surface area contributed by atoms with Crippen LogP contribution in [-0.4, -0.2) is 60.5 Å². The van der Waals surface area contributed by atoms with E-state index in [1.807, 2.05) is 18.2 Å². The van der Waals surface area contributed by atoms with Crippen LogP contribution < -0.4 is 15.4 Å². The molecule has 2 unspecified atom stereocenters. The lowest BCUT2D eigenvalue weighted by Gasteiger charge is -2.39. The number of nitrogens with zero attached hydrogens (tertiary/aromatic N) is 2. The standard InChI is InChI=1S/C26H35N5O4S/c32-26(24-16-25(35-29-24)18-6-7-18)28-21-14-22-8-9-23(15-21)31(22)36(33,34)30-19-10-11-27-20(13-19)12-17-4-2-1-3-5-17/h1-5,16,18-23,27,30H,6-15H2,(H,28,32)/t19?,20-,21?,22-,23+/m0/s1. The normalized spacial score (nSPS) is 30.8. The Morgan fingerprint density at radius 3 is 2.50 bits per heavy atom. The first-order valence-corrected chi connectivity index (χ1v) is 14.7. The number of fused-ring (bicyclic) bond motifs is 2. The second-order valence-electron chi connectivity index (χ2n) is 10.9. The van der Waals surface area contributed by atoms with Crippen LogP contribution in [0.5, 0.6) is 0 Å². The highest BCUT2D eigenvalue weighted by Crippen LogP contribution is 2.40. The number of hydrogen-bond acceptors (Lipinski definition) is 6. The number of nitrogens with one attached hydrogen (secondary N) is 3. The average molecular weight is 514 g/mol. The van der Waals surface area contributed by atoms with Crippen LogP contribution in [0, 0.1) is 0 Å². The highest BCUT2D eigenvalue weighted by molar-refractivity contribution is 7.87. The zero-order valence-electron chi connectivity index (χ0n) is 20.4. The number of piperidine rings is 2. The minimum atomic E-state index is -3.60. The summed E-state index contributed by atoms with van der Waals surface area (Å²) in [5.41, 5.74) is 1.58. The molecule has 36 heavy (non-hydrogen) atoms. The van der Waals surface area contributed by atoms with Gasteiger partial charge in [-0.2, -0.15) is 17.4 Å². The van der Waals surface area contributed by atoms with Gasteiger partial charge in [0.2, 0.25) is 0 Å². The predicted octanol–water partition coefficient (Wildman–Crippen LogP) is 2.47. The molecule has 3 saturated heterocycles. The summed E-state index contributed by atoms with van der Waals surface area (Å²) in [6, 6.07) is 12.0. The Bertz CT molecular complexity index is 1170. The topological polar surface area (TPSA) is 117 Å². The van der Waals surface area contributed by atoms with E-state index < -0.39 is 10.2 Å². The lowest BCUT2D eigenvalue weighted by atomic mass is 9.95. The Hall–Kier alpha value is -2.27. The first-order valence-electron chi connectivity index (χ1n) is 13.3. The molecule has 4 fully saturated rings. The number of aromatic nitrogens is 1. The molecule has 4 heterocycles. The van der Waals surface area contributed by atoms with Crippen LogP contribution in [0.25, 0.3) is 0 Å². The van der Waals surface area contributed by atoms with Crippen LogP contribution in [0.4, 0.5) is 0 Å². The minimum Gasteiger partial charge on any atom is -0.360 e. The molecule has 2 aromatic rings. The van der Waals surface area contributed by atoms with E-state index in [9.17, 15) is 13.2 Å². The van der Waals surface area contributed by atoms with Crippen molar-refractivity contribution in [2.75, 3.05) is 6.54 Å². The third-order valence-corrected chi connectivity index (χ3v) is 9.94. The Morgan fingerprint density at radius 1 is 1.03 bits per heavy atom. The Labute approximate surface area is 212 Å². The van der Waals surface area contributed by atoms with Gasteiger partial charge in [-0.05, 0) is 69.9 Å². The monoisotopic (exact) mass is 513 g/mol. The number of benzene rings is 1. The van der Waals surface area contributed by atoms with E-state index in [0.29, 0.717) is 24.5 Å². The number of rotatable bonds is 8. The number of carbonyl (C=O) groups is 1. The molecule has 5 atom stereocenters. The number of hydrogen-bond donors (Lipinski definition) is 3.